The molecule has 2 atom stereocenters. The fraction of sp³-hybridized carbons (Fsp3) is 0.391. The Hall–Kier alpha value is -3.13. The molecule has 164 valence electrons. The van der Waals surface area contributed by atoms with Gasteiger partial charge in [0, 0.05) is 19.2 Å². The molecular weight excluding hydrogens is 399 g/mol. The molecule has 0 bridgehead atoms. The molecule has 2 amide bonds. The number of carbonyl (C=O) groups excluding carboxylic acids is 1. The lowest BCUT2D eigenvalue weighted by molar-refractivity contribution is 0.132. The molecule has 8 heteroatoms. The zero-order valence-electron chi connectivity index (χ0n) is 18.0. The number of phenols is 1. The van der Waals surface area contributed by atoms with Gasteiger partial charge in [0.15, 0.2) is 0 Å². The van der Waals surface area contributed by atoms with Crippen molar-refractivity contribution in [3.05, 3.63) is 59.4 Å². The highest BCUT2D eigenvalue weighted by atomic mass is 19.1. The maximum Gasteiger partial charge on any atom is 0.340 e. The van der Waals surface area contributed by atoms with E-state index in [-0.39, 0.29) is 23.5 Å². The number of phenolic OH excluding ortho intramolecular Hbond substituents is 1. The third-order valence-electron chi connectivity index (χ3n) is 5.68. The lowest BCUT2D eigenvalue weighted by Crippen LogP contribution is -2.41. The van der Waals surface area contributed by atoms with Crippen LogP contribution in [0, 0.1) is 11.7 Å². The number of benzene rings is 2. The van der Waals surface area contributed by atoms with Crippen LogP contribution in [-0.2, 0) is 0 Å². The van der Waals surface area contributed by atoms with E-state index in [1.807, 2.05) is 20.2 Å². The number of fused-ring (bicyclic) bond motifs is 3. The molecule has 0 aromatic heterocycles. The Morgan fingerprint density at radius 3 is 2.77 bits per heavy atom. The van der Waals surface area contributed by atoms with Gasteiger partial charge >= 0.3 is 6.03 Å². The number of halogens is 1. The summed E-state index contributed by atoms with van der Waals surface area (Å²) in [6.45, 7) is 1.76. The number of aromatic hydroxyl groups is 1. The number of ether oxygens (including phenoxy) is 1. The highest BCUT2D eigenvalue weighted by Gasteiger charge is 2.46. The second-order valence-corrected chi connectivity index (χ2v) is 8.29. The highest BCUT2D eigenvalue weighted by molar-refractivity contribution is 6.07. The summed E-state index contributed by atoms with van der Waals surface area (Å²) in [4.78, 5) is 17.1. The van der Waals surface area contributed by atoms with Crippen molar-refractivity contribution in [2.24, 2.45) is 11.0 Å². The molecule has 2 aromatic carbocycles. The number of hydrogen-bond acceptors (Lipinski definition) is 5. The fourth-order valence-electron chi connectivity index (χ4n) is 4.14. The minimum absolute atomic E-state index is 0.112. The van der Waals surface area contributed by atoms with Crippen LogP contribution in [0.15, 0.2) is 47.6 Å². The number of carbonyl (C=O) groups is 1. The van der Waals surface area contributed by atoms with Gasteiger partial charge in [0.05, 0.1) is 24.3 Å². The molecule has 0 aliphatic carbocycles. The van der Waals surface area contributed by atoms with Gasteiger partial charge in [0.2, 0.25) is 0 Å². The summed E-state index contributed by atoms with van der Waals surface area (Å²) in [6.07, 6.45) is 0.830. The zero-order valence-corrected chi connectivity index (χ0v) is 18.0. The van der Waals surface area contributed by atoms with E-state index in [1.165, 1.54) is 17.1 Å². The largest absolute Gasteiger partial charge is 0.508 e. The summed E-state index contributed by atoms with van der Waals surface area (Å²) in [5.74, 6) is 0.0148. The van der Waals surface area contributed by atoms with Crippen molar-refractivity contribution in [2.45, 2.75) is 12.5 Å². The van der Waals surface area contributed by atoms with Crippen LogP contribution >= 0.6 is 0 Å². The Bertz CT molecular complexity index is 1010. The molecule has 0 saturated heterocycles. The van der Waals surface area contributed by atoms with Gasteiger partial charge in [-0.3, -0.25) is 0 Å². The highest BCUT2D eigenvalue weighted by Crippen LogP contribution is 2.43. The molecule has 2 aromatic rings. The smallest absolute Gasteiger partial charge is 0.340 e. The normalized spacial score (nSPS) is 19.5. The molecule has 2 heterocycles. The van der Waals surface area contributed by atoms with Crippen molar-refractivity contribution >= 4 is 11.7 Å². The van der Waals surface area contributed by atoms with E-state index in [0.717, 1.165) is 18.5 Å². The fourth-order valence-corrected chi connectivity index (χ4v) is 4.14. The van der Waals surface area contributed by atoms with Gasteiger partial charge in [0.1, 0.15) is 17.3 Å². The summed E-state index contributed by atoms with van der Waals surface area (Å²) in [6, 6.07) is 10.5. The molecule has 0 saturated carbocycles. The second-order valence-electron chi connectivity index (χ2n) is 8.29. The molecule has 4 rings (SSSR count). The molecule has 0 radical (unpaired) electrons. The molecule has 31 heavy (non-hydrogen) atoms. The maximum absolute atomic E-state index is 14.0. The van der Waals surface area contributed by atoms with E-state index in [2.05, 4.69) is 10.0 Å². The van der Waals surface area contributed by atoms with E-state index in [1.54, 1.807) is 36.2 Å². The lowest BCUT2D eigenvalue weighted by atomic mass is 9.86. The summed E-state index contributed by atoms with van der Waals surface area (Å²) in [7, 11) is 5.74. The van der Waals surface area contributed by atoms with Gasteiger partial charge in [-0.2, -0.15) is 5.10 Å². The Kier molecular flexibility index (Phi) is 5.82. The molecule has 2 unspecified atom stereocenters. The van der Waals surface area contributed by atoms with Crippen LogP contribution < -0.4 is 4.74 Å². The number of hydrazone groups is 1. The van der Waals surface area contributed by atoms with Crippen LogP contribution in [0.1, 0.15) is 23.6 Å². The third-order valence-corrected chi connectivity index (χ3v) is 5.68. The Morgan fingerprint density at radius 2 is 2.03 bits per heavy atom. The van der Waals surface area contributed by atoms with Gasteiger partial charge in [-0.1, -0.05) is 12.1 Å². The van der Waals surface area contributed by atoms with Crippen molar-refractivity contribution in [1.82, 2.24) is 14.8 Å². The molecule has 1 N–H and O–H groups in total. The van der Waals surface area contributed by atoms with Crippen molar-refractivity contribution in [3.8, 4) is 11.5 Å². The Balaban J connectivity index is 1.69. The van der Waals surface area contributed by atoms with Crippen LogP contribution in [-0.4, -0.2) is 72.5 Å². The van der Waals surface area contributed by atoms with Gasteiger partial charge < -0.3 is 19.6 Å². The molecule has 2 aliphatic rings. The lowest BCUT2D eigenvalue weighted by Gasteiger charge is -2.31. The van der Waals surface area contributed by atoms with E-state index in [9.17, 15) is 14.3 Å². The SMILES string of the molecule is CN(C)CCCN(C)C(=O)N1N=C2c3cc(F)ccc3OCC2C1c1cccc(O)c1. The molecule has 7 nitrogen and oxygen atoms in total. The molecule has 0 fully saturated rings. The van der Waals surface area contributed by atoms with Crippen molar-refractivity contribution < 1.29 is 19.0 Å². The Labute approximate surface area is 181 Å². The van der Waals surface area contributed by atoms with E-state index in [4.69, 9.17) is 4.74 Å². The van der Waals surface area contributed by atoms with Crippen molar-refractivity contribution in [3.63, 3.8) is 0 Å². The minimum atomic E-state index is -0.456. The van der Waals surface area contributed by atoms with Crippen LogP contribution in [0.4, 0.5) is 9.18 Å². The summed E-state index contributed by atoms with van der Waals surface area (Å²) in [5, 5.41) is 16.1. The number of hydrogen-bond donors (Lipinski definition) is 1. The number of amides is 2. The van der Waals surface area contributed by atoms with Gasteiger partial charge in [0.25, 0.3) is 0 Å². The number of nitrogens with zero attached hydrogens (tertiary/aromatic N) is 4. The molecular formula is C23H27FN4O3. The van der Waals surface area contributed by atoms with Crippen molar-refractivity contribution in [2.75, 3.05) is 40.8 Å². The first-order valence-electron chi connectivity index (χ1n) is 10.3. The molecule has 0 spiro atoms. The summed E-state index contributed by atoms with van der Waals surface area (Å²) < 4.78 is 19.9. The standard InChI is InChI=1S/C23H27FN4O3/c1-26(2)10-5-11-27(3)23(30)28-22(15-6-4-7-17(29)12-15)19-14-31-20-9-8-16(24)13-18(20)21(19)25-28/h4,6-9,12-13,19,22,29H,5,10-11,14H2,1-3H3. The van der Waals surface area contributed by atoms with E-state index >= 15 is 0 Å². The average molecular weight is 426 g/mol. The number of urea groups is 1. The van der Waals surface area contributed by atoms with Crippen LogP contribution in [0.5, 0.6) is 11.5 Å². The predicted octanol–water partition coefficient (Wildman–Crippen LogP) is 3.30. The van der Waals surface area contributed by atoms with Crippen LogP contribution in [0.2, 0.25) is 0 Å². The maximum atomic E-state index is 14.0. The van der Waals surface area contributed by atoms with Gasteiger partial charge in [-0.15, -0.1) is 0 Å². The van der Waals surface area contributed by atoms with Crippen molar-refractivity contribution in [1.29, 1.82) is 0 Å². The minimum Gasteiger partial charge on any atom is -0.508 e. The van der Waals surface area contributed by atoms with Gasteiger partial charge in [-0.05, 0) is 63.0 Å². The quantitative estimate of drug-likeness (QED) is 0.797. The second kappa shape index (κ2) is 8.55. The van der Waals surface area contributed by atoms with Gasteiger partial charge in [-0.25, -0.2) is 14.2 Å². The first kappa shape index (κ1) is 21.1. The predicted molar refractivity (Wildman–Crippen MR) is 116 cm³/mol. The topological polar surface area (TPSA) is 68.6 Å². The zero-order chi connectivity index (χ0) is 22.1. The van der Waals surface area contributed by atoms with Crippen LogP contribution in [0.3, 0.4) is 0 Å². The van der Waals surface area contributed by atoms with Crippen LogP contribution in [0.25, 0.3) is 0 Å². The van der Waals surface area contributed by atoms with E-state index < -0.39 is 6.04 Å². The third kappa shape index (κ3) is 4.20. The Morgan fingerprint density at radius 1 is 1.23 bits per heavy atom. The first-order valence-corrected chi connectivity index (χ1v) is 10.3. The average Bonchev–Trinajstić information content (AvgIpc) is 3.13. The monoisotopic (exact) mass is 426 g/mol. The van der Waals surface area contributed by atoms with E-state index in [0.29, 0.717) is 30.2 Å². The first-order chi connectivity index (χ1) is 14.8. The summed E-state index contributed by atoms with van der Waals surface area (Å²) in [5.41, 5.74) is 1.94. The molecule has 2 aliphatic heterocycles. The number of rotatable bonds is 5. The summed E-state index contributed by atoms with van der Waals surface area (Å²) >= 11 is 0.